The average molecular weight is 432 g/mol. The molecular formula is C27H45NO3. The first-order valence-corrected chi connectivity index (χ1v) is 13.1. The molecule has 176 valence electrons. The van der Waals surface area contributed by atoms with E-state index < -0.39 is 0 Å². The van der Waals surface area contributed by atoms with E-state index in [9.17, 15) is 15.0 Å². The number of piperidine rings is 1. The van der Waals surface area contributed by atoms with Gasteiger partial charge < -0.3 is 15.1 Å². The molecule has 0 radical (unpaired) electrons. The van der Waals surface area contributed by atoms with Crippen LogP contribution in [-0.4, -0.2) is 46.3 Å². The molecule has 2 aliphatic carbocycles. The fourth-order valence-electron chi connectivity index (χ4n) is 5.85. The first-order valence-electron chi connectivity index (χ1n) is 13.1. The van der Waals surface area contributed by atoms with Crippen molar-refractivity contribution in [3.05, 3.63) is 23.8 Å². The number of aliphatic hydroxyl groups excluding tert-OH is 2. The monoisotopic (exact) mass is 431 g/mol. The van der Waals surface area contributed by atoms with Crippen LogP contribution in [0.15, 0.2) is 23.8 Å². The minimum Gasteiger partial charge on any atom is -0.392 e. The van der Waals surface area contributed by atoms with Crippen LogP contribution in [0, 0.1) is 17.8 Å². The molecule has 2 N–H and O–H groups in total. The van der Waals surface area contributed by atoms with Crippen LogP contribution in [0.1, 0.15) is 96.8 Å². The van der Waals surface area contributed by atoms with Gasteiger partial charge in [-0.25, -0.2) is 0 Å². The normalized spacial score (nSPS) is 29.4. The van der Waals surface area contributed by atoms with Crippen molar-refractivity contribution in [2.75, 3.05) is 13.1 Å². The summed E-state index contributed by atoms with van der Waals surface area (Å²) in [6.07, 6.45) is 20.8. The predicted molar refractivity (Wildman–Crippen MR) is 127 cm³/mol. The second kappa shape index (κ2) is 12.8. The summed E-state index contributed by atoms with van der Waals surface area (Å²) in [7, 11) is 0. The lowest BCUT2D eigenvalue weighted by Gasteiger charge is -2.26. The van der Waals surface area contributed by atoms with Crippen molar-refractivity contribution in [2.24, 2.45) is 17.8 Å². The molecule has 31 heavy (non-hydrogen) atoms. The van der Waals surface area contributed by atoms with Gasteiger partial charge in [0.1, 0.15) is 0 Å². The Labute approximate surface area is 189 Å². The number of rotatable bonds is 12. The van der Waals surface area contributed by atoms with Gasteiger partial charge >= 0.3 is 0 Å². The van der Waals surface area contributed by atoms with Crippen molar-refractivity contribution >= 4 is 5.91 Å². The van der Waals surface area contributed by atoms with Crippen molar-refractivity contribution in [1.82, 2.24) is 4.90 Å². The molecule has 0 spiro atoms. The van der Waals surface area contributed by atoms with Crippen LogP contribution >= 0.6 is 0 Å². The van der Waals surface area contributed by atoms with Crippen molar-refractivity contribution in [3.63, 3.8) is 0 Å². The van der Waals surface area contributed by atoms with Crippen LogP contribution in [0.4, 0.5) is 0 Å². The lowest BCUT2D eigenvalue weighted by Crippen LogP contribution is -2.35. The van der Waals surface area contributed by atoms with Gasteiger partial charge in [-0.05, 0) is 69.6 Å². The molecule has 0 unspecified atom stereocenters. The second-order valence-electron chi connectivity index (χ2n) is 10.2. The Bertz CT molecular complexity index is 608. The number of fused-ring (bicyclic) bond motifs is 1. The van der Waals surface area contributed by atoms with Gasteiger partial charge in [-0.1, -0.05) is 56.4 Å². The summed E-state index contributed by atoms with van der Waals surface area (Å²) in [5.74, 6) is 1.54. The summed E-state index contributed by atoms with van der Waals surface area (Å²) in [6.45, 7) is 4.11. The summed E-state index contributed by atoms with van der Waals surface area (Å²) in [5, 5.41) is 20.7. The van der Waals surface area contributed by atoms with Crippen molar-refractivity contribution in [3.8, 4) is 0 Å². The van der Waals surface area contributed by atoms with Gasteiger partial charge in [0, 0.05) is 25.4 Å². The van der Waals surface area contributed by atoms with E-state index in [1.165, 1.54) is 32.1 Å². The molecule has 0 bridgehead atoms. The highest BCUT2D eigenvalue weighted by Gasteiger charge is 2.43. The topological polar surface area (TPSA) is 60.8 Å². The molecule has 1 aliphatic heterocycles. The van der Waals surface area contributed by atoms with E-state index >= 15 is 0 Å². The van der Waals surface area contributed by atoms with Gasteiger partial charge in [0.15, 0.2) is 0 Å². The Balaban J connectivity index is 1.33. The molecule has 3 aliphatic rings. The fraction of sp³-hybridized carbons (Fsp3) is 0.815. The second-order valence-corrected chi connectivity index (χ2v) is 10.2. The van der Waals surface area contributed by atoms with Crippen molar-refractivity contribution in [1.29, 1.82) is 0 Å². The molecule has 4 nitrogen and oxygen atoms in total. The third kappa shape index (κ3) is 7.46. The van der Waals surface area contributed by atoms with Crippen LogP contribution in [-0.2, 0) is 4.79 Å². The van der Waals surface area contributed by atoms with E-state index in [2.05, 4.69) is 24.0 Å². The number of hydrogen-bond acceptors (Lipinski definition) is 3. The minimum atomic E-state index is -0.376. The summed E-state index contributed by atoms with van der Waals surface area (Å²) < 4.78 is 0. The predicted octanol–water partition coefficient (Wildman–Crippen LogP) is 5.39. The Morgan fingerprint density at radius 1 is 1.16 bits per heavy atom. The van der Waals surface area contributed by atoms with Gasteiger partial charge in [-0.3, -0.25) is 4.79 Å². The summed E-state index contributed by atoms with van der Waals surface area (Å²) in [5.41, 5.74) is 1.55. The molecule has 3 rings (SSSR count). The molecule has 0 aromatic heterocycles. The van der Waals surface area contributed by atoms with Gasteiger partial charge in [0.05, 0.1) is 12.2 Å². The number of amides is 1. The maximum absolute atomic E-state index is 12.3. The molecule has 1 saturated carbocycles. The van der Waals surface area contributed by atoms with Gasteiger partial charge in [-0.2, -0.15) is 0 Å². The van der Waals surface area contributed by atoms with E-state index in [-0.39, 0.29) is 18.1 Å². The molecular weight excluding hydrogens is 386 g/mol. The molecule has 2 fully saturated rings. The first kappa shape index (κ1) is 24.5. The molecule has 4 heteroatoms. The number of hydrogen-bond donors (Lipinski definition) is 2. The number of likely N-dealkylation sites (tertiary alicyclic amines) is 1. The highest BCUT2D eigenvalue weighted by atomic mass is 16.3. The zero-order valence-electron chi connectivity index (χ0n) is 19.7. The van der Waals surface area contributed by atoms with Crippen LogP contribution < -0.4 is 0 Å². The van der Waals surface area contributed by atoms with Gasteiger partial charge in [0.2, 0.25) is 5.91 Å². The third-order valence-corrected chi connectivity index (χ3v) is 7.71. The highest BCUT2D eigenvalue weighted by Crippen LogP contribution is 2.48. The van der Waals surface area contributed by atoms with Crippen LogP contribution in [0.25, 0.3) is 0 Å². The van der Waals surface area contributed by atoms with Crippen LogP contribution in [0.3, 0.4) is 0 Å². The molecule has 0 aromatic rings. The van der Waals surface area contributed by atoms with E-state index in [0.717, 1.165) is 64.5 Å². The number of aliphatic hydroxyl groups is 2. The number of carbonyl (C=O) groups excluding carboxylic acids is 1. The summed E-state index contributed by atoms with van der Waals surface area (Å²) in [6, 6.07) is 0. The average Bonchev–Trinajstić information content (AvgIpc) is 3.29. The lowest BCUT2D eigenvalue weighted by atomic mass is 9.88. The zero-order chi connectivity index (χ0) is 22.1. The maximum atomic E-state index is 12.3. The van der Waals surface area contributed by atoms with E-state index in [1.807, 2.05) is 6.08 Å². The van der Waals surface area contributed by atoms with E-state index in [0.29, 0.717) is 24.2 Å². The number of allylic oxidation sites excluding steroid dienone is 2. The van der Waals surface area contributed by atoms with Crippen molar-refractivity contribution < 1.29 is 15.0 Å². The number of nitrogens with zero attached hydrogens (tertiary/aromatic N) is 1. The zero-order valence-corrected chi connectivity index (χ0v) is 19.7. The Morgan fingerprint density at radius 2 is 1.97 bits per heavy atom. The molecule has 1 amide bonds. The summed E-state index contributed by atoms with van der Waals surface area (Å²) in [4.78, 5) is 14.3. The number of carbonyl (C=O) groups is 1. The molecule has 0 aromatic carbocycles. The summed E-state index contributed by atoms with van der Waals surface area (Å²) >= 11 is 0. The number of unbranched alkanes of at least 4 members (excludes halogenated alkanes) is 4. The Kier molecular flexibility index (Phi) is 10.1. The van der Waals surface area contributed by atoms with E-state index in [4.69, 9.17) is 0 Å². The first-order chi connectivity index (χ1) is 15.1. The maximum Gasteiger partial charge on any atom is 0.222 e. The minimum absolute atomic E-state index is 0.182. The smallest absolute Gasteiger partial charge is 0.222 e. The SMILES string of the molecule is CCCCC[C@H](O)C=C[C@@H]1[C@H]2CC(CCCCCC(=O)N3CCCCC3)=C[C@H]2C[C@H]1O. The van der Waals surface area contributed by atoms with E-state index in [1.54, 1.807) is 5.57 Å². The standard InChI is InChI=1S/C27H45NO3/c1-2-3-6-12-23(29)14-15-24-25-19-21(18-22(25)20-26(24)30)11-7-4-8-13-27(31)28-16-9-5-10-17-28/h14-15,18,22-26,29-30H,2-13,16-17,19-20H2,1H3/t22-,23-,24+,25-,26+/m0/s1. The Hall–Kier alpha value is -1.13. The van der Waals surface area contributed by atoms with Crippen LogP contribution in [0.2, 0.25) is 0 Å². The van der Waals surface area contributed by atoms with Gasteiger partial charge in [-0.15, -0.1) is 0 Å². The highest BCUT2D eigenvalue weighted by molar-refractivity contribution is 5.76. The van der Waals surface area contributed by atoms with Gasteiger partial charge in [0.25, 0.3) is 0 Å². The van der Waals surface area contributed by atoms with Crippen molar-refractivity contribution in [2.45, 2.75) is 109 Å². The molecule has 1 heterocycles. The van der Waals surface area contributed by atoms with Crippen LogP contribution in [0.5, 0.6) is 0 Å². The quantitative estimate of drug-likeness (QED) is 0.322. The lowest BCUT2D eigenvalue weighted by molar-refractivity contribution is -0.132. The molecule has 5 atom stereocenters. The third-order valence-electron chi connectivity index (χ3n) is 7.71. The largest absolute Gasteiger partial charge is 0.392 e. The molecule has 1 saturated heterocycles. The fourth-order valence-corrected chi connectivity index (χ4v) is 5.85. The Morgan fingerprint density at radius 3 is 2.74 bits per heavy atom.